The fourth-order valence-corrected chi connectivity index (χ4v) is 0. The van der Waals surface area contributed by atoms with Crippen LogP contribution in [0.25, 0.3) is 0 Å². The van der Waals surface area contributed by atoms with E-state index in [0.717, 1.165) is 0 Å². The van der Waals surface area contributed by atoms with Crippen molar-refractivity contribution in [3.8, 4) is 0 Å². The van der Waals surface area contributed by atoms with Crippen LogP contribution in [0.1, 0.15) is 0 Å². The molecule has 0 aliphatic heterocycles. The third-order valence-electron chi connectivity index (χ3n) is 0. The van der Waals surface area contributed by atoms with Gasteiger partial charge in [-0.15, -0.1) is 0 Å². The first-order chi connectivity index (χ1) is 6.29. The molecule has 0 aromatic rings. The number of methoxy groups -OCH3 is 2. The van der Waals surface area contributed by atoms with Gasteiger partial charge in [0, 0.05) is 28.4 Å². The van der Waals surface area contributed by atoms with Crippen LogP contribution in [0, 0.1) is 5.41 Å². The zero-order valence-corrected chi connectivity index (χ0v) is 9.03. The number of carbonyl (C=O) groups excluding carboxylic acids is 1. The third-order valence-corrected chi connectivity index (χ3v) is 0. The summed E-state index contributed by atoms with van der Waals surface area (Å²) >= 11 is 0. The lowest BCUT2D eigenvalue weighted by Crippen LogP contribution is -2.20. The minimum atomic E-state index is -0.833. The van der Waals surface area contributed by atoms with Crippen LogP contribution >= 0.6 is 0 Å². The third kappa shape index (κ3) is 395. The quantitative estimate of drug-likeness (QED) is 0.240. The number of carbonyl (C=O) groups is 1. The molecule has 0 heterocycles. The molecule has 2 amide bonds. The van der Waals surface area contributed by atoms with Crippen LogP contribution in [0.4, 0.5) is 4.79 Å². The molecule has 0 unspecified atom stereocenters. The van der Waals surface area contributed by atoms with Gasteiger partial charge in [0.25, 0.3) is 0 Å². The number of amides is 2. The molecule has 8 heteroatoms. The molecule has 0 aliphatic carbocycles. The number of hydrogen-bond donors (Lipinski definition) is 5. The summed E-state index contributed by atoms with van der Waals surface area (Å²) in [7, 11) is 6.50. The van der Waals surface area contributed by atoms with E-state index in [0.29, 0.717) is 0 Å². The lowest BCUT2D eigenvalue weighted by atomic mass is 11.1. The van der Waals surface area contributed by atoms with Crippen LogP contribution < -0.4 is 22.9 Å². The maximum atomic E-state index is 9.00. The van der Waals surface area contributed by atoms with E-state index in [4.69, 9.17) is 10.2 Å². The SMILES string of the molecule is COC.COC.N=C(N)N.NC(N)=O. The van der Waals surface area contributed by atoms with E-state index in [1.807, 2.05) is 0 Å². The van der Waals surface area contributed by atoms with Gasteiger partial charge in [0.05, 0.1) is 0 Å². The van der Waals surface area contributed by atoms with Gasteiger partial charge in [0.15, 0.2) is 5.96 Å². The van der Waals surface area contributed by atoms with Crippen molar-refractivity contribution in [2.24, 2.45) is 22.9 Å². The number of primary amides is 2. The highest BCUT2D eigenvalue weighted by Crippen LogP contribution is 1.28. The normalized spacial score (nSPS) is 6.00. The Hall–Kier alpha value is -1.54. The summed E-state index contributed by atoms with van der Waals surface area (Å²) in [6.07, 6.45) is 0. The Balaban J connectivity index is -0.0000000482. The summed E-state index contributed by atoms with van der Waals surface area (Å²) in [6, 6.07) is -0.833. The molecule has 0 aromatic heterocycles. The number of urea groups is 1. The molecule has 0 aromatic carbocycles. The van der Waals surface area contributed by atoms with Crippen LogP contribution in [0.5, 0.6) is 0 Å². The van der Waals surface area contributed by atoms with Gasteiger partial charge in [-0.3, -0.25) is 5.41 Å². The Bertz CT molecular complexity index is 98.0. The average Bonchev–Trinajstić information content (AvgIpc) is 1.85. The summed E-state index contributed by atoms with van der Waals surface area (Å²) < 4.78 is 8.50. The fraction of sp³-hybridized carbons (Fsp3) is 0.667. The number of ether oxygens (including phenoxy) is 2. The van der Waals surface area contributed by atoms with Crippen molar-refractivity contribution < 1.29 is 14.3 Å². The van der Waals surface area contributed by atoms with E-state index >= 15 is 0 Å². The second-order valence-corrected chi connectivity index (χ2v) is 1.67. The molecule has 9 N–H and O–H groups in total. The molecule has 0 radical (unpaired) electrons. The minimum Gasteiger partial charge on any atom is -0.388 e. The molecule has 14 heavy (non-hydrogen) atoms. The Kier molecular flexibility index (Phi) is 49.1. The molecule has 0 saturated carbocycles. The zero-order chi connectivity index (χ0) is 12.6. The number of nitrogens with one attached hydrogen (secondary N) is 1. The Labute approximate surface area is 84.0 Å². The summed E-state index contributed by atoms with van der Waals surface area (Å²) in [4.78, 5) is 9.00. The largest absolute Gasteiger partial charge is 0.388 e. The van der Waals surface area contributed by atoms with Gasteiger partial charge in [-0.25, -0.2) is 4.79 Å². The van der Waals surface area contributed by atoms with E-state index in [2.05, 4.69) is 32.4 Å². The van der Waals surface area contributed by atoms with Gasteiger partial charge >= 0.3 is 6.03 Å². The van der Waals surface area contributed by atoms with Crippen LogP contribution in [0.15, 0.2) is 0 Å². The molecule has 0 bridgehead atoms. The van der Waals surface area contributed by atoms with Crippen molar-refractivity contribution in [1.29, 1.82) is 5.41 Å². The van der Waals surface area contributed by atoms with E-state index < -0.39 is 6.03 Å². The lowest BCUT2D eigenvalue weighted by molar-refractivity contribution is 0.256. The Morgan fingerprint density at radius 2 is 0.929 bits per heavy atom. The molecule has 0 saturated heterocycles. The van der Waals surface area contributed by atoms with Crippen molar-refractivity contribution in [2.75, 3.05) is 28.4 Å². The minimum absolute atomic E-state index is 0.333. The molecule has 0 rings (SSSR count). The summed E-state index contributed by atoms with van der Waals surface area (Å²) in [5.41, 5.74) is 17.4. The first-order valence-electron chi connectivity index (χ1n) is 3.24. The molecule has 0 aliphatic rings. The second kappa shape index (κ2) is 30.0. The number of nitrogens with two attached hydrogens (primary N) is 4. The van der Waals surface area contributed by atoms with Gasteiger partial charge in [-0.1, -0.05) is 0 Å². The van der Waals surface area contributed by atoms with Crippen molar-refractivity contribution in [2.45, 2.75) is 0 Å². The number of rotatable bonds is 0. The highest BCUT2D eigenvalue weighted by molar-refractivity contribution is 5.71. The molecule has 8 nitrogen and oxygen atoms in total. The summed E-state index contributed by atoms with van der Waals surface area (Å²) in [5, 5.41) is 6.06. The number of guanidine groups is 1. The maximum absolute atomic E-state index is 9.00. The van der Waals surface area contributed by atoms with E-state index in [-0.39, 0.29) is 5.96 Å². The molecule has 0 fully saturated rings. The summed E-state index contributed by atoms with van der Waals surface area (Å²) in [5.74, 6) is -0.333. The van der Waals surface area contributed by atoms with E-state index in [1.54, 1.807) is 28.4 Å². The van der Waals surface area contributed by atoms with Gasteiger partial charge in [0.1, 0.15) is 0 Å². The molecule has 0 spiro atoms. The number of hydrogen-bond acceptors (Lipinski definition) is 4. The molecular weight excluding hydrogens is 190 g/mol. The zero-order valence-electron chi connectivity index (χ0n) is 9.03. The van der Waals surface area contributed by atoms with Crippen molar-refractivity contribution in [3.63, 3.8) is 0 Å². The van der Waals surface area contributed by atoms with Crippen LogP contribution in [-0.2, 0) is 9.47 Å². The first-order valence-corrected chi connectivity index (χ1v) is 3.24. The first kappa shape index (κ1) is 22.9. The van der Waals surface area contributed by atoms with E-state index in [9.17, 15) is 0 Å². The fourth-order valence-electron chi connectivity index (χ4n) is 0. The van der Waals surface area contributed by atoms with Gasteiger partial charge in [0.2, 0.25) is 0 Å². The standard InChI is InChI=1S/2C2H6O.CH5N3.CH4N2O/c2*1-3-2;2*2-1(3)4/h2*1-2H3;(H5,2,3,4);(H4,2,3,4). The summed E-state index contributed by atoms with van der Waals surface area (Å²) in [6.45, 7) is 0. The monoisotopic (exact) mass is 211 g/mol. The maximum Gasteiger partial charge on any atom is 0.309 e. The van der Waals surface area contributed by atoms with Crippen molar-refractivity contribution in [1.82, 2.24) is 0 Å². The van der Waals surface area contributed by atoms with Crippen LogP contribution in [-0.4, -0.2) is 40.4 Å². The van der Waals surface area contributed by atoms with Crippen LogP contribution in [0.3, 0.4) is 0 Å². The average molecular weight is 211 g/mol. The second-order valence-electron chi connectivity index (χ2n) is 1.67. The van der Waals surface area contributed by atoms with Gasteiger partial charge in [-0.05, 0) is 0 Å². The Morgan fingerprint density at radius 1 is 0.929 bits per heavy atom. The predicted octanol–water partition coefficient (Wildman–Crippen LogP) is -1.61. The molecule has 88 valence electrons. The predicted molar refractivity (Wildman–Crippen MR) is 55.7 cm³/mol. The van der Waals surface area contributed by atoms with Crippen LogP contribution in [0.2, 0.25) is 0 Å². The van der Waals surface area contributed by atoms with Crippen molar-refractivity contribution >= 4 is 12.0 Å². The highest BCUT2D eigenvalue weighted by atomic mass is 16.5. The lowest BCUT2D eigenvalue weighted by Gasteiger charge is -1.69. The van der Waals surface area contributed by atoms with Gasteiger partial charge in [-0.2, -0.15) is 0 Å². The van der Waals surface area contributed by atoms with Gasteiger partial charge < -0.3 is 32.4 Å². The van der Waals surface area contributed by atoms with E-state index in [1.165, 1.54) is 0 Å². The highest BCUT2D eigenvalue weighted by Gasteiger charge is 1.60. The Morgan fingerprint density at radius 3 is 0.929 bits per heavy atom. The van der Waals surface area contributed by atoms with Crippen molar-refractivity contribution in [3.05, 3.63) is 0 Å². The molecule has 0 atom stereocenters. The molecular formula is C6H21N5O3. The topological polar surface area (TPSA) is 163 Å². The smallest absolute Gasteiger partial charge is 0.309 e.